The number of aromatic amines is 1. The fourth-order valence-electron chi connectivity index (χ4n) is 7.52. The maximum Gasteiger partial charge on any atom is 0.325 e. The molecule has 2 amide bonds. The highest BCUT2D eigenvalue weighted by molar-refractivity contribution is 8.07. The highest BCUT2D eigenvalue weighted by atomic mass is 32.5. The lowest BCUT2D eigenvalue weighted by Gasteiger charge is -2.29. The van der Waals surface area contributed by atoms with Crippen LogP contribution in [0.2, 0.25) is 0 Å². The van der Waals surface area contributed by atoms with Crippen LogP contribution in [0, 0.1) is 11.3 Å². The maximum absolute atomic E-state index is 16.6. The topological polar surface area (TPSA) is 261 Å². The molecule has 2 unspecified atom stereocenters. The summed E-state index contributed by atoms with van der Waals surface area (Å²) in [7, 11) is 0. The van der Waals surface area contributed by atoms with Crippen molar-refractivity contribution in [3.63, 3.8) is 0 Å². The van der Waals surface area contributed by atoms with Gasteiger partial charge in [0, 0.05) is 17.9 Å². The third-order valence-corrected chi connectivity index (χ3v) is 13.8. The van der Waals surface area contributed by atoms with E-state index in [4.69, 9.17) is 51.2 Å². The highest BCUT2D eigenvalue weighted by Crippen LogP contribution is 2.73. The molecule has 3 saturated heterocycles. The zero-order valence-corrected chi connectivity index (χ0v) is 34.8. The Morgan fingerprint density at radius 1 is 0.934 bits per heavy atom. The molecule has 61 heavy (non-hydrogen) atoms. The third kappa shape index (κ3) is 7.50. The first kappa shape index (κ1) is 42.1. The molecule has 4 aliphatic rings. The second-order valence-electron chi connectivity index (χ2n) is 14.8. The molecule has 5 N–H and O–H groups in total. The van der Waals surface area contributed by atoms with Crippen molar-refractivity contribution in [2.45, 2.75) is 69.2 Å². The van der Waals surface area contributed by atoms with E-state index < -0.39 is 111 Å². The Kier molecular flexibility index (Phi) is 10.6. The van der Waals surface area contributed by atoms with Gasteiger partial charge in [0.2, 0.25) is 11.9 Å². The van der Waals surface area contributed by atoms with Gasteiger partial charge in [-0.3, -0.25) is 42.9 Å². The lowest BCUT2D eigenvalue weighted by molar-refractivity contribution is -0.118. The Morgan fingerprint density at radius 3 is 2.31 bits per heavy atom. The Labute approximate surface area is 350 Å². The number of nitrogens with zero attached hydrogens (tertiary/aromatic N) is 7. The molecule has 1 saturated carbocycles. The van der Waals surface area contributed by atoms with Crippen LogP contribution in [0.25, 0.3) is 22.3 Å². The molecule has 10 atom stereocenters. The quantitative estimate of drug-likeness (QED) is 0.153. The highest BCUT2D eigenvalue weighted by Gasteiger charge is 2.84. The number of alkyl halides is 3. The summed E-state index contributed by atoms with van der Waals surface area (Å²) in [4.78, 5) is 84.3. The average Bonchev–Trinajstić information content (AvgIpc) is 3.71. The molecule has 3 aliphatic heterocycles. The van der Waals surface area contributed by atoms with Gasteiger partial charge in [-0.2, -0.15) is 4.98 Å². The van der Waals surface area contributed by atoms with E-state index in [1.165, 1.54) is 10.9 Å². The number of hydrogen-bond acceptors (Lipinski definition) is 16. The zero-order chi connectivity index (χ0) is 43.2. The van der Waals surface area contributed by atoms with Crippen LogP contribution < -0.4 is 16.2 Å². The standard InChI is InChI=1S/C33H33F3N10O11P2S2/c1-14(2)26(47)43-31-42-25-20(28(49)44-31)40-13-46(25)29-18(34)21-16(54-29)8-52-59(51,61)57-22-30(55-17(9-53-58(50,60)56-21)32(22)10-33(32,35)36)45-12-39-19-23(37-11-38-24(19)45)41-27(48)15-6-4-3-5-7-15/h3-7,11-14,16-18,21-22,29-30H,8-10H2,1-2H3,(H,50,60)(H,51,61)(H,37,38,41,48)(H2,42,43,44,47,49)/t16-,17-,18-,21-,22+,29-,30-,32-,58?,59?/m1/s1. The SMILES string of the molecule is CC(C)C(=O)Nc1nc2c(ncn2[C@@H]2O[C@@H]3COP(O)(=S)O[C@H]4[C@H](n5cnc6c(NC(=O)c7ccccc7)ncnc65)O[C@H](COP(O)(=S)O[C@H]3[C@H]2F)[C@]42CC2(F)F)c(=O)[nH]1. The summed E-state index contributed by atoms with van der Waals surface area (Å²) in [5.41, 5.74) is -3.10. The summed E-state index contributed by atoms with van der Waals surface area (Å²) < 4.78 is 85.3. The van der Waals surface area contributed by atoms with Crippen LogP contribution in [0.1, 0.15) is 43.1 Å². The van der Waals surface area contributed by atoms with Crippen molar-refractivity contribution in [1.82, 2.24) is 39.0 Å². The predicted molar refractivity (Wildman–Crippen MR) is 211 cm³/mol. The van der Waals surface area contributed by atoms with Gasteiger partial charge in [-0.05, 0) is 35.7 Å². The first-order valence-electron chi connectivity index (χ1n) is 18.3. The number of amides is 2. The van der Waals surface area contributed by atoms with E-state index in [-0.39, 0.29) is 34.1 Å². The molecule has 1 aliphatic carbocycles. The minimum Gasteiger partial charge on any atom is -0.349 e. The van der Waals surface area contributed by atoms with Crippen LogP contribution in [0.4, 0.5) is 24.9 Å². The van der Waals surface area contributed by atoms with Crippen LogP contribution in [-0.4, -0.2) is 110 Å². The van der Waals surface area contributed by atoms with E-state index in [2.05, 4.69) is 40.5 Å². The largest absolute Gasteiger partial charge is 0.349 e. The zero-order valence-electron chi connectivity index (χ0n) is 31.4. The van der Waals surface area contributed by atoms with Crippen molar-refractivity contribution in [3.8, 4) is 0 Å². The molecule has 5 aromatic rings. The summed E-state index contributed by atoms with van der Waals surface area (Å²) in [6, 6.07) is 8.24. The fraction of sp³-hybridized carbons (Fsp3) is 0.455. The Bertz CT molecular complexity index is 2730. The Hall–Kier alpha value is -4.17. The number of imidazole rings is 2. The van der Waals surface area contributed by atoms with Crippen LogP contribution in [0.5, 0.6) is 0 Å². The average molecular weight is 929 g/mol. The molecule has 1 aromatic carbocycles. The lowest BCUT2D eigenvalue weighted by Crippen LogP contribution is -2.37. The van der Waals surface area contributed by atoms with E-state index in [1.807, 2.05) is 0 Å². The normalized spacial score (nSPS) is 33.5. The van der Waals surface area contributed by atoms with E-state index in [0.717, 1.165) is 17.2 Å². The number of aromatic nitrogens is 8. The summed E-state index contributed by atoms with van der Waals surface area (Å²) in [6.07, 6.45) is -9.78. The smallest absolute Gasteiger partial charge is 0.325 e. The van der Waals surface area contributed by atoms with Gasteiger partial charge in [0.05, 0.1) is 37.4 Å². The van der Waals surface area contributed by atoms with E-state index in [9.17, 15) is 24.2 Å². The van der Waals surface area contributed by atoms with Crippen LogP contribution in [-0.2, 0) is 56.0 Å². The van der Waals surface area contributed by atoms with Gasteiger partial charge in [0.25, 0.3) is 17.4 Å². The maximum atomic E-state index is 16.6. The first-order valence-corrected chi connectivity index (χ1v) is 23.5. The molecule has 4 fully saturated rings. The van der Waals surface area contributed by atoms with Gasteiger partial charge in [-0.15, -0.1) is 0 Å². The minimum absolute atomic E-state index is 0.00156. The first-order chi connectivity index (χ1) is 28.9. The number of carbonyl (C=O) groups excluding carboxylic acids is 2. The molecular weight excluding hydrogens is 895 g/mol. The molecule has 9 rings (SSSR count). The van der Waals surface area contributed by atoms with Crippen molar-refractivity contribution in [1.29, 1.82) is 0 Å². The fourth-order valence-corrected chi connectivity index (χ4v) is 10.4. The predicted octanol–water partition coefficient (Wildman–Crippen LogP) is 3.22. The second kappa shape index (κ2) is 15.3. The Balaban J connectivity index is 1.03. The monoisotopic (exact) mass is 928 g/mol. The molecule has 4 aromatic heterocycles. The lowest BCUT2D eigenvalue weighted by atomic mass is 9.94. The number of fused-ring (bicyclic) bond motifs is 3. The van der Waals surface area contributed by atoms with Crippen molar-refractivity contribution in [3.05, 3.63) is 65.2 Å². The molecule has 7 heterocycles. The summed E-state index contributed by atoms with van der Waals surface area (Å²) in [5.74, 6) is -5.26. The molecule has 324 valence electrons. The summed E-state index contributed by atoms with van der Waals surface area (Å²) in [6.45, 7) is -7.59. The van der Waals surface area contributed by atoms with Crippen molar-refractivity contribution in [2.24, 2.45) is 11.3 Å². The number of benzene rings is 1. The van der Waals surface area contributed by atoms with E-state index in [0.29, 0.717) is 5.56 Å². The second-order valence-corrected chi connectivity index (χ2v) is 20.4. The number of halogens is 3. The molecule has 1 spiro atoms. The van der Waals surface area contributed by atoms with Crippen LogP contribution >= 0.6 is 13.4 Å². The van der Waals surface area contributed by atoms with Gasteiger partial charge in [-0.1, -0.05) is 32.0 Å². The number of H-pyrrole nitrogens is 1. The number of nitrogens with one attached hydrogen (secondary N) is 3. The molecule has 28 heteroatoms. The summed E-state index contributed by atoms with van der Waals surface area (Å²) >= 11 is 10.6. The van der Waals surface area contributed by atoms with Crippen molar-refractivity contribution >= 4 is 83.0 Å². The number of anilines is 2. The summed E-state index contributed by atoms with van der Waals surface area (Å²) in [5, 5.41) is 5.11. The van der Waals surface area contributed by atoms with Gasteiger partial charge in [0.15, 0.2) is 46.8 Å². The number of carbonyl (C=O) groups is 2. The number of hydrogen-bond donors (Lipinski definition) is 5. The van der Waals surface area contributed by atoms with Gasteiger partial charge < -0.3 is 33.6 Å². The third-order valence-electron chi connectivity index (χ3n) is 10.6. The van der Waals surface area contributed by atoms with Crippen LogP contribution in [0.15, 0.2) is 54.1 Å². The molecule has 2 bridgehead atoms. The van der Waals surface area contributed by atoms with Crippen LogP contribution in [0.3, 0.4) is 0 Å². The van der Waals surface area contributed by atoms with Gasteiger partial charge in [0.1, 0.15) is 24.6 Å². The van der Waals surface area contributed by atoms with Gasteiger partial charge in [-0.25, -0.2) is 33.1 Å². The number of rotatable bonds is 6. The minimum atomic E-state index is -4.61. The van der Waals surface area contributed by atoms with Crippen molar-refractivity contribution < 1.29 is 60.1 Å². The van der Waals surface area contributed by atoms with Gasteiger partial charge >= 0.3 is 13.4 Å². The molecule has 0 radical (unpaired) electrons. The van der Waals surface area contributed by atoms with Crippen molar-refractivity contribution in [2.75, 3.05) is 23.8 Å². The number of ether oxygens (including phenoxy) is 2. The Morgan fingerprint density at radius 2 is 1.61 bits per heavy atom. The van der Waals surface area contributed by atoms with E-state index in [1.54, 1.807) is 44.2 Å². The molecular formula is C33H33F3N10O11P2S2. The molecule has 21 nitrogen and oxygen atoms in total. The van der Waals surface area contributed by atoms with E-state index >= 15 is 13.2 Å².